The van der Waals surface area contributed by atoms with Gasteiger partial charge in [-0.2, -0.15) is 0 Å². The second-order valence-corrected chi connectivity index (χ2v) is 21.4. The standard InChI is InChI=1S/C64H53BN2O3/c1-39-31-55-60-56(32-39)67(48-13-9-8-10-14-48)61-53(29-30-58-62(61)69-38-68-58)65(60)52-28-22-42(43-21-27-51-50-15-11-12-16-57(50)70-59(51)37-43)36-54(52)66(55)49-34-44(40-17-23-46(24-18-40)63(2,3)4)33-45(35-49)41-19-25-47(26-20-41)64(5,6)7/h8-37H,38H2,1-7H3. The van der Waals surface area contributed by atoms with E-state index in [1.807, 2.05) is 12.1 Å². The van der Waals surface area contributed by atoms with Crippen LogP contribution in [0.5, 0.6) is 11.5 Å². The van der Waals surface area contributed by atoms with Gasteiger partial charge < -0.3 is 23.7 Å². The van der Waals surface area contributed by atoms with E-state index >= 15 is 0 Å². The van der Waals surface area contributed by atoms with Crippen LogP contribution in [-0.4, -0.2) is 13.5 Å². The lowest BCUT2D eigenvalue weighted by Gasteiger charge is -2.44. The summed E-state index contributed by atoms with van der Waals surface area (Å²) in [6, 6.07) is 67.4. The first-order chi connectivity index (χ1) is 33.9. The van der Waals surface area contributed by atoms with Crippen molar-refractivity contribution in [2.75, 3.05) is 16.6 Å². The second-order valence-electron chi connectivity index (χ2n) is 21.4. The zero-order chi connectivity index (χ0) is 47.6. The Hall–Kier alpha value is -7.96. The van der Waals surface area contributed by atoms with Crippen LogP contribution in [0.4, 0.5) is 34.1 Å². The Morgan fingerprint density at radius 2 is 1.03 bits per heavy atom. The maximum atomic E-state index is 6.48. The van der Waals surface area contributed by atoms with E-state index in [1.165, 1.54) is 38.6 Å². The van der Waals surface area contributed by atoms with E-state index in [-0.39, 0.29) is 24.3 Å². The lowest BCUT2D eigenvalue weighted by molar-refractivity contribution is 0.174. The fourth-order valence-electron chi connectivity index (χ4n) is 11.2. The number of benzene rings is 9. The van der Waals surface area contributed by atoms with E-state index in [0.29, 0.717) is 0 Å². The van der Waals surface area contributed by atoms with Gasteiger partial charge in [-0.05, 0) is 157 Å². The van der Waals surface area contributed by atoms with Crippen LogP contribution in [-0.2, 0) is 10.8 Å². The summed E-state index contributed by atoms with van der Waals surface area (Å²) in [5, 5.41) is 2.24. The topological polar surface area (TPSA) is 38.1 Å². The summed E-state index contributed by atoms with van der Waals surface area (Å²) >= 11 is 0. The zero-order valence-electron chi connectivity index (χ0n) is 40.7. The van der Waals surface area contributed by atoms with Crippen molar-refractivity contribution >= 4 is 79.2 Å². The number of para-hydroxylation sites is 2. The molecule has 13 rings (SSSR count). The summed E-state index contributed by atoms with van der Waals surface area (Å²) in [6.45, 7) is 16.0. The SMILES string of the molecule is Cc1cc2c3c(c1)N(c1ccccc1)c1c(ccc4c1OCO4)B3c1ccc(-c3ccc4c(c3)oc3ccccc34)cc1N2c1cc(-c2ccc(C(C)(C)C)cc2)cc(-c2ccc(C(C)(C)C)cc2)c1. The van der Waals surface area contributed by atoms with Gasteiger partial charge in [-0.1, -0.05) is 151 Å². The molecule has 0 spiro atoms. The summed E-state index contributed by atoms with van der Waals surface area (Å²) < 4.78 is 19.0. The van der Waals surface area contributed by atoms with Gasteiger partial charge in [0.2, 0.25) is 6.79 Å². The highest BCUT2D eigenvalue weighted by Gasteiger charge is 2.46. The third-order valence-corrected chi connectivity index (χ3v) is 14.8. The van der Waals surface area contributed by atoms with Gasteiger partial charge in [-0.3, -0.25) is 0 Å². The zero-order valence-corrected chi connectivity index (χ0v) is 40.7. The molecule has 10 aromatic rings. The van der Waals surface area contributed by atoms with Crippen molar-refractivity contribution in [2.45, 2.75) is 59.3 Å². The molecule has 0 saturated carbocycles. The van der Waals surface area contributed by atoms with Crippen molar-refractivity contribution in [3.8, 4) is 44.9 Å². The average molecular weight is 909 g/mol. The summed E-state index contributed by atoms with van der Waals surface area (Å²) in [4.78, 5) is 4.95. The molecule has 0 fully saturated rings. The highest BCUT2D eigenvalue weighted by molar-refractivity contribution is 7.00. The molecule has 6 heteroatoms. The molecule has 0 atom stereocenters. The molecule has 70 heavy (non-hydrogen) atoms. The number of nitrogens with zero attached hydrogens (tertiary/aromatic N) is 2. The largest absolute Gasteiger partial charge is 0.456 e. The molecule has 9 aromatic carbocycles. The molecule has 3 aliphatic rings. The van der Waals surface area contributed by atoms with Gasteiger partial charge in [-0.15, -0.1) is 0 Å². The maximum absolute atomic E-state index is 6.48. The fraction of sp³-hybridized carbons (Fsp3) is 0.156. The van der Waals surface area contributed by atoms with Crippen molar-refractivity contribution in [3.05, 3.63) is 199 Å². The van der Waals surface area contributed by atoms with E-state index in [4.69, 9.17) is 13.9 Å². The molecule has 4 heterocycles. The van der Waals surface area contributed by atoms with E-state index in [1.54, 1.807) is 0 Å². The van der Waals surface area contributed by atoms with Crippen LogP contribution in [0, 0.1) is 6.92 Å². The minimum atomic E-state index is -0.106. The van der Waals surface area contributed by atoms with Crippen LogP contribution >= 0.6 is 0 Å². The average Bonchev–Trinajstić information content (AvgIpc) is 4.01. The van der Waals surface area contributed by atoms with Crippen LogP contribution in [0.2, 0.25) is 0 Å². The molecular weight excluding hydrogens is 856 g/mol. The normalized spacial score (nSPS) is 13.7. The van der Waals surface area contributed by atoms with Crippen LogP contribution in [0.3, 0.4) is 0 Å². The van der Waals surface area contributed by atoms with Gasteiger partial charge in [0.1, 0.15) is 11.2 Å². The van der Waals surface area contributed by atoms with Gasteiger partial charge in [0.15, 0.2) is 11.5 Å². The molecule has 0 aliphatic carbocycles. The lowest BCUT2D eigenvalue weighted by atomic mass is 9.33. The molecule has 340 valence electrons. The summed E-state index contributed by atoms with van der Waals surface area (Å²) in [5.74, 6) is 1.54. The number of hydrogen-bond donors (Lipinski definition) is 0. The Balaban J connectivity index is 1.09. The van der Waals surface area contributed by atoms with E-state index < -0.39 is 0 Å². The molecule has 0 radical (unpaired) electrons. The highest BCUT2D eigenvalue weighted by atomic mass is 16.7. The Bertz CT molecular complexity index is 3650. The minimum Gasteiger partial charge on any atom is -0.456 e. The quantitative estimate of drug-likeness (QED) is 0.161. The Morgan fingerprint density at radius 1 is 0.443 bits per heavy atom. The third kappa shape index (κ3) is 6.75. The Kier molecular flexibility index (Phi) is 9.36. The van der Waals surface area contributed by atoms with Gasteiger partial charge in [-0.25, -0.2) is 0 Å². The monoisotopic (exact) mass is 908 g/mol. The number of hydrogen-bond acceptors (Lipinski definition) is 5. The van der Waals surface area contributed by atoms with Gasteiger partial charge in [0, 0.05) is 39.2 Å². The van der Waals surface area contributed by atoms with Gasteiger partial charge in [0.05, 0.1) is 5.69 Å². The molecule has 1 aromatic heterocycles. The van der Waals surface area contributed by atoms with Gasteiger partial charge >= 0.3 is 0 Å². The summed E-state index contributed by atoms with van der Waals surface area (Å²) in [6.07, 6.45) is 0. The number of fused-ring (bicyclic) bond motifs is 9. The Morgan fingerprint density at radius 3 is 1.71 bits per heavy atom. The molecule has 0 unspecified atom stereocenters. The number of ether oxygens (including phenoxy) is 2. The number of anilines is 6. The number of furan rings is 1. The van der Waals surface area contributed by atoms with Crippen molar-refractivity contribution in [1.82, 2.24) is 0 Å². The van der Waals surface area contributed by atoms with Crippen molar-refractivity contribution in [2.24, 2.45) is 0 Å². The lowest BCUT2D eigenvalue weighted by Crippen LogP contribution is -2.61. The molecular formula is C64H53BN2O3. The predicted octanol–water partition coefficient (Wildman–Crippen LogP) is 15.3. The first kappa shape index (κ1) is 42.2. The Labute approximate surface area is 410 Å². The first-order valence-electron chi connectivity index (χ1n) is 24.5. The molecule has 0 bridgehead atoms. The minimum absolute atomic E-state index is 0.0385. The molecule has 0 saturated heterocycles. The summed E-state index contributed by atoms with van der Waals surface area (Å²) in [5.41, 5.74) is 22.8. The van der Waals surface area contributed by atoms with E-state index in [2.05, 4.69) is 228 Å². The van der Waals surface area contributed by atoms with Crippen molar-refractivity contribution in [1.29, 1.82) is 0 Å². The smallest absolute Gasteiger partial charge is 0.252 e. The van der Waals surface area contributed by atoms with Gasteiger partial charge in [0.25, 0.3) is 6.71 Å². The molecule has 5 nitrogen and oxygen atoms in total. The highest BCUT2D eigenvalue weighted by Crippen LogP contribution is 2.51. The second kappa shape index (κ2) is 15.5. The van der Waals surface area contributed by atoms with E-state index in [9.17, 15) is 0 Å². The van der Waals surface area contributed by atoms with E-state index in [0.717, 1.165) is 95.4 Å². The molecule has 0 amide bonds. The van der Waals surface area contributed by atoms with Crippen LogP contribution in [0.15, 0.2) is 186 Å². The third-order valence-electron chi connectivity index (χ3n) is 14.8. The molecule has 0 N–H and O–H groups in total. The van der Waals surface area contributed by atoms with Crippen molar-refractivity contribution < 1.29 is 13.9 Å². The fourth-order valence-corrected chi connectivity index (χ4v) is 11.2. The van der Waals surface area contributed by atoms with Crippen LogP contribution < -0.4 is 35.7 Å². The van der Waals surface area contributed by atoms with Crippen molar-refractivity contribution in [3.63, 3.8) is 0 Å². The first-order valence-corrected chi connectivity index (χ1v) is 24.5. The number of aryl methyl sites for hydroxylation is 1. The van der Waals surface area contributed by atoms with Crippen LogP contribution in [0.25, 0.3) is 55.3 Å². The molecule has 3 aliphatic heterocycles. The number of rotatable bonds is 5. The van der Waals surface area contributed by atoms with Crippen LogP contribution in [0.1, 0.15) is 58.2 Å². The maximum Gasteiger partial charge on any atom is 0.252 e. The predicted molar refractivity (Wildman–Crippen MR) is 292 cm³/mol. The summed E-state index contributed by atoms with van der Waals surface area (Å²) in [7, 11) is 0.